The van der Waals surface area contributed by atoms with Gasteiger partial charge in [-0.3, -0.25) is 9.97 Å². The average Bonchev–Trinajstić information content (AvgIpc) is 2.32. The number of hydrogen-bond donors (Lipinski definition) is 0. The van der Waals surface area contributed by atoms with Gasteiger partial charge in [0.25, 0.3) is 0 Å². The molecule has 0 saturated heterocycles. The predicted molar refractivity (Wildman–Crippen MR) is 58.8 cm³/mol. The van der Waals surface area contributed by atoms with E-state index in [1.807, 2.05) is 0 Å². The molecule has 0 spiro atoms. The first-order chi connectivity index (χ1) is 8.56. The molecule has 1 aromatic carbocycles. The largest absolute Gasteiger partial charge is 0.432 e. The monoisotopic (exact) mass is 254 g/mol. The Labute approximate surface area is 101 Å². The smallest absolute Gasteiger partial charge is 0.387 e. The van der Waals surface area contributed by atoms with Crippen molar-refractivity contribution in [2.24, 2.45) is 0 Å². The molecule has 0 amide bonds. The fourth-order valence-corrected chi connectivity index (χ4v) is 1.39. The van der Waals surface area contributed by atoms with E-state index in [2.05, 4.69) is 14.7 Å². The van der Waals surface area contributed by atoms with Gasteiger partial charge in [-0.2, -0.15) is 8.78 Å². The molecule has 0 aliphatic heterocycles. The van der Waals surface area contributed by atoms with Crippen molar-refractivity contribution in [1.82, 2.24) is 9.97 Å². The van der Waals surface area contributed by atoms with E-state index in [4.69, 9.17) is 0 Å². The van der Waals surface area contributed by atoms with Gasteiger partial charge in [0.1, 0.15) is 0 Å². The number of alkyl halides is 2. The molecule has 0 radical (unpaired) electrons. The Balaban J connectivity index is 2.37. The second-order valence-corrected chi connectivity index (χ2v) is 3.57. The molecule has 6 heteroatoms. The molecule has 0 N–H and O–H groups in total. The molecule has 0 aliphatic rings. The molecule has 0 saturated carbocycles. The maximum atomic E-state index is 13.2. The second-order valence-electron chi connectivity index (χ2n) is 3.57. The van der Waals surface area contributed by atoms with Gasteiger partial charge in [0.15, 0.2) is 11.6 Å². The van der Waals surface area contributed by atoms with Gasteiger partial charge in [-0.25, -0.2) is 4.39 Å². The molecule has 2 rings (SSSR count). The fourth-order valence-electron chi connectivity index (χ4n) is 1.39. The molecule has 94 valence electrons. The van der Waals surface area contributed by atoms with E-state index in [0.29, 0.717) is 11.3 Å². The second kappa shape index (κ2) is 5.03. The van der Waals surface area contributed by atoms with Crippen LogP contribution in [0.3, 0.4) is 0 Å². The van der Waals surface area contributed by atoms with Crippen LogP contribution in [0.1, 0.15) is 5.69 Å². The third-order valence-corrected chi connectivity index (χ3v) is 2.22. The van der Waals surface area contributed by atoms with Crippen LogP contribution in [0.5, 0.6) is 5.75 Å². The van der Waals surface area contributed by atoms with Gasteiger partial charge in [-0.05, 0) is 25.1 Å². The van der Waals surface area contributed by atoms with Gasteiger partial charge in [0, 0.05) is 11.8 Å². The lowest BCUT2D eigenvalue weighted by atomic mass is 10.1. The predicted octanol–water partition coefficient (Wildman–Crippen LogP) is 3.19. The van der Waals surface area contributed by atoms with Crippen molar-refractivity contribution in [3.8, 4) is 17.0 Å². The number of ether oxygens (including phenoxy) is 1. The van der Waals surface area contributed by atoms with Crippen molar-refractivity contribution in [3.63, 3.8) is 0 Å². The summed E-state index contributed by atoms with van der Waals surface area (Å²) in [6.45, 7) is -1.30. The molecule has 0 atom stereocenters. The molecule has 2 aromatic rings. The van der Waals surface area contributed by atoms with E-state index in [9.17, 15) is 13.2 Å². The van der Waals surface area contributed by atoms with Crippen LogP contribution >= 0.6 is 0 Å². The number of hydrogen-bond acceptors (Lipinski definition) is 3. The van der Waals surface area contributed by atoms with Gasteiger partial charge in [0.2, 0.25) is 0 Å². The molecule has 0 bridgehead atoms. The lowest BCUT2D eigenvalue weighted by Gasteiger charge is -2.07. The van der Waals surface area contributed by atoms with E-state index in [1.54, 1.807) is 6.92 Å². The van der Waals surface area contributed by atoms with E-state index in [0.717, 1.165) is 11.8 Å². The number of halogens is 3. The lowest BCUT2D eigenvalue weighted by Crippen LogP contribution is -2.03. The van der Waals surface area contributed by atoms with Crippen LogP contribution in [0.4, 0.5) is 13.2 Å². The minimum absolute atomic E-state index is 0.458. The van der Waals surface area contributed by atoms with Crippen LogP contribution in [0, 0.1) is 12.7 Å². The summed E-state index contributed by atoms with van der Waals surface area (Å²) in [7, 11) is 0. The highest BCUT2D eigenvalue weighted by Crippen LogP contribution is 2.26. The average molecular weight is 254 g/mol. The highest BCUT2D eigenvalue weighted by molar-refractivity contribution is 5.60. The van der Waals surface area contributed by atoms with Crippen molar-refractivity contribution in [1.29, 1.82) is 0 Å². The van der Waals surface area contributed by atoms with Crippen LogP contribution in [0.25, 0.3) is 11.3 Å². The maximum absolute atomic E-state index is 13.2. The number of aryl methyl sites for hydroxylation is 1. The molecule has 1 aromatic heterocycles. The zero-order valence-corrected chi connectivity index (χ0v) is 9.40. The Hall–Kier alpha value is -2.11. The number of nitrogens with zero attached hydrogens (tertiary/aromatic N) is 2. The number of rotatable bonds is 3. The summed E-state index contributed by atoms with van der Waals surface area (Å²) in [6.07, 6.45) is 3.01. The van der Waals surface area contributed by atoms with Crippen molar-refractivity contribution >= 4 is 0 Å². The summed E-state index contributed by atoms with van der Waals surface area (Å²) in [4.78, 5) is 8.09. The molecule has 0 fully saturated rings. The standard InChI is InChI=1S/C12H9F3N2O/c1-7-5-17-10(6-16-7)8-2-3-9(13)11(4-8)18-12(14)15/h2-6,12H,1H3. The van der Waals surface area contributed by atoms with E-state index in [1.165, 1.54) is 24.5 Å². The van der Waals surface area contributed by atoms with Gasteiger partial charge in [-0.15, -0.1) is 0 Å². The van der Waals surface area contributed by atoms with Crippen molar-refractivity contribution in [3.05, 3.63) is 42.1 Å². The van der Waals surface area contributed by atoms with E-state index < -0.39 is 18.2 Å². The van der Waals surface area contributed by atoms with Crippen LogP contribution < -0.4 is 4.74 Å². The summed E-state index contributed by atoms with van der Waals surface area (Å²) in [5, 5.41) is 0. The van der Waals surface area contributed by atoms with Crippen molar-refractivity contribution in [2.45, 2.75) is 13.5 Å². The summed E-state index contributed by atoms with van der Waals surface area (Å²) >= 11 is 0. The minimum atomic E-state index is -3.07. The molecular weight excluding hydrogens is 245 g/mol. The fraction of sp³-hybridized carbons (Fsp3) is 0.167. The SMILES string of the molecule is Cc1cnc(-c2ccc(F)c(OC(F)F)c2)cn1. The van der Waals surface area contributed by atoms with E-state index >= 15 is 0 Å². The molecule has 0 aliphatic carbocycles. The van der Waals surface area contributed by atoms with Gasteiger partial charge < -0.3 is 4.74 Å². The molecular formula is C12H9F3N2O. The van der Waals surface area contributed by atoms with Gasteiger partial charge in [-0.1, -0.05) is 0 Å². The normalized spacial score (nSPS) is 10.7. The lowest BCUT2D eigenvalue weighted by molar-refractivity contribution is -0.0521. The quantitative estimate of drug-likeness (QED) is 0.843. The Bertz CT molecular complexity index is 544. The first-order valence-corrected chi connectivity index (χ1v) is 5.09. The van der Waals surface area contributed by atoms with Crippen LogP contribution in [-0.4, -0.2) is 16.6 Å². The number of aromatic nitrogens is 2. The minimum Gasteiger partial charge on any atom is -0.432 e. The highest BCUT2D eigenvalue weighted by Gasteiger charge is 2.11. The van der Waals surface area contributed by atoms with E-state index in [-0.39, 0.29) is 0 Å². The summed E-state index contributed by atoms with van der Waals surface area (Å²) in [5.74, 6) is -1.36. The summed E-state index contributed by atoms with van der Waals surface area (Å²) in [6, 6.07) is 3.64. The van der Waals surface area contributed by atoms with Crippen molar-refractivity contribution < 1.29 is 17.9 Å². The Morgan fingerprint density at radius 1 is 1.17 bits per heavy atom. The zero-order valence-electron chi connectivity index (χ0n) is 9.40. The summed E-state index contributed by atoms with van der Waals surface area (Å²) < 4.78 is 41.4. The zero-order chi connectivity index (χ0) is 13.1. The number of benzene rings is 1. The first-order valence-electron chi connectivity index (χ1n) is 5.09. The van der Waals surface area contributed by atoms with Crippen molar-refractivity contribution in [2.75, 3.05) is 0 Å². The summed E-state index contributed by atoms with van der Waals surface area (Å²) in [5.41, 5.74) is 1.64. The Kier molecular flexibility index (Phi) is 3.45. The molecule has 1 heterocycles. The Morgan fingerprint density at radius 3 is 2.56 bits per heavy atom. The molecule has 0 unspecified atom stereocenters. The van der Waals surface area contributed by atoms with Gasteiger partial charge >= 0.3 is 6.61 Å². The Morgan fingerprint density at radius 2 is 1.94 bits per heavy atom. The molecule has 18 heavy (non-hydrogen) atoms. The third-order valence-electron chi connectivity index (χ3n) is 2.22. The van der Waals surface area contributed by atoms with Crippen LogP contribution in [0.15, 0.2) is 30.6 Å². The van der Waals surface area contributed by atoms with Crippen LogP contribution in [0.2, 0.25) is 0 Å². The first kappa shape index (κ1) is 12.3. The third kappa shape index (κ3) is 2.77. The van der Waals surface area contributed by atoms with Gasteiger partial charge in [0.05, 0.1) is 17.6 Å². The highest BCUT2D eigenvalue weighted by atomic mass is 19.3. The maximum Gasteiger partial charge on any atom is 0.387 e. The van der Waals surface area contributed by atoms with Crippen LogP contribution in [-0.2, 0) is 0 Å². The topological polar surface area (TPSA) is 35.0 Å². The molecule has 3 nitrogen and oxygen atoms in total.